The van der Waals surface area contributed by atoms with Crippen LogP contribution in [0.15, 0.2) is 31.0 Å². The van der Waals surface area contributed by atoms with Gasteiger partial charge in [-0.2, -0.15) is 0 Å². The molecule has 3 rings (SSSR count). The zero-order valence-electron chi connectivity index (χ0n) is 18.2. The van der Waals surface area contributed by atoms with Gasteiger partial charge in [0.2, 0.25) is 5.91 Å². The number of anilines is 1. The minimum Gasteiger partial charge on any atom is -0.506 e. The van der Waals surface area contributed by atoms with Crippen molar-refractivity contribution >= 4 is 29.1 Å². The van der Waals surface area contributed by atoms with E-state index < -0.39 is 0 Å². The Balaban J connectivity index is 1.64. The first kappa shape index (κ1) is 22.7. The summed E-state index contributed by atoms with van der Waals surface area (Å²) in [6.45, 7) is 10.8. The van der Waals surface area contributed by atoms with Crippen molar-refractivity contribution in [1.29, 1.82) is 0 Å². The number of aromatic nitrogens is 2. The van der Waals surface area contributed by atoms with Gasteiger partial charge in [0.25, 0.3) is 5.91 Å². The molecular formula is C22H28ClN5O3. The highest BCUT2D eigenvalue weighted by molar-refractivity contribution is 6.31. The van der Waals surface area contributed by atoms with Crippen molar-refractivity contribution in [2.75, 3.05) is 18.4 Å². The van der Waals surface area contributed by atoms with Crippen LogP contribution in [0.25, 0.3) is 0 Å². The summed E-state index contributed by atoms with van der Waals surface area (Å²) in [7, 11) is 1.80. The molecule has 0 radical (unpaired) electrons. The molecule has 8 nitrogen and oxygen atoms in total. The van der Waals surface area contributed by atoms with E-state index in [1.54, 1.807) is 22.7 Å². The molecule has 1 fully saturated rings. The third-order valence-electron chi connectivity index (χ3n) is 5.24. The summed E-state index contributed by atoms with van der Waals surface area (Å²) in [5.74, 6) is 0.251. The largest absolute Gasteiger partial charge is 0.506 e. The lowest BCUT2D eigenvalue weighted by atomic mass is 9.86. The smallest absolute Gasteiger partial charge is 0.271 e. The fourth-order valence-corrected chi connectivity index (χ4v) is 3.81. The molecule has 0 unspecified atom stereocenters. The minimum atomic E-state index is -0.290. The number of carbonyl (C=O) groups is 2. The molecule has 9 heteroatoms. The number of hydrogen-bond acceptors (Lipinski definition) is 5. The van der Waals surface area contributed by atoms with Crippen LogP contribution >= 0.6 is 11.6 Å². The summed E-state index contributed by atoms with van der Waals surface area (Å²) in [6.07, 6.45) is 2.92. The second-order valence-electron chi connectivity index (χ2n) is 8.72. The van der Waals surface area contributed by atoms with Gasteiger partial charge in [0.1, 0.15) is 17.3 Å². The predicted octanol–water partition coefficient (Wildman–Crippen LogP) is 2.82. The Morgan fingerprint density at radius 3 is 2.65 bits per heavy atom. The fraction of sp³-hybridized carbons (Fsp3) is 0.409. The molecule has 1 aliphatic rings. The lowest BCUT2D eigenvalue weighted by Gasteiger charge is -2.38. The molecule has 1 aliphatic heterocycles. The summed E-state index contributed by atoms with van der Waals surface area (Å²) >= 11 is 6.28. The molecule has 0 bridgehead atoms. The topological polar surface area (TPSA) is 99.5 Å². The third-order valence-corrected chi connectivity index (χ3v) is 5.55. The number of likely N-dealkylation sites (tertiary alicyclic amines) is 1. The number of nitrogens with one attached hydrogen (secondary N) is 2. The van der Waals surface area contributed by atoms with Crippen LogP contribution in [-0.2, 0) is 23.8 Å². The first-order valence-electron chi connectivity index (χ1n) is 10.0. The number of imidazole rings is 1. The molecule has 1 saturated heterocycles. The highest BCUT2D eigenvalue weighted by atomic mass is 35.5. The van der Waals surface area contributed by atoms with Crippen molar-refractivity contribution in [2.24, 2.45) is 7.05 Å². The Labute approximate surface area is 186 Å². The van der Waals surface area contributed by atoms with Crippen LogP contribution in [0.5, 0.6) is 5.75 Å². The number of carbonyl (C=O) groups excluding carboxylic acids is 2. The van der Waals surface area contributed by atoms with Crippen molar-refractivity contribution in [2.45, 2.75) is 38.8 Å². The van der Waals surface area contributed by atoms with Gasteiger partial charge in [0.15, 0.2) is 0 Å². The molecule has 2 amide bonds. The number of nitrogens with zero attached hydrogens (tertiary/aromatic N) is 3. The number of phenols is 1. The Kier molecular flexibility index (Phi) is 6.31. The average Bonchev–Trinajstić information content (AvgIpc) is 3.02. The summed E-state index contributed by atoms with van der Waals surface area (Å²) in [4.78, 5) is 30.0. The molecule has 166 valence electrons. The molecule has 2 heterocycles. The van der Waals surface area contributed by atoms with Gasteiger partial charge in [-0.25, -0.2) is 4.98 Å². The Bertz CT molecular complexity index is 1020. The van der Waals surface area contributed by atoms with Crippen molar-refractivity contribution < 1.29 is 14.7 Å². The van der Waals surface area contributed by atoms with Crippen LogP contribution in [0.4, 0.5) is 5.69 Å². The van der Waals surface area contributed by atoms with Crippen LogP contribution < -0.4 is 10.6 Å². The van der Waals surface area contributed by atoms with Gasteiger partial charge in [0.05, 0.1) is 18.3 Å². The first-order valence-corrected chi connectivity index (χ1v) is 10.4. The normalized spacial score (nSPS) is 14.2. The van der Waals surface area contributed by atoms with E-state index in [-0.39, 0.29) is 29.0 Å². The molecule has 0 aliphatic carbocycles. The molecule has 2 aromatic rings. The lowest BCUT2D eigenvalue weighted by Crippen LogP contribution is -2.60. The number of rotatable bonds is 6. The number of hydrogen-bond donors (Lipinski definition) is 3. The van der Waals surface area contributed by atoms with Crippen molar-refractivity contribution in [3.8, 4) is 5.75 Å². The molecule has 31 heavy (non-hydrogen) atoms. The quantitative estimate of drug-likeness (QED) is 0.469. The van der Waals surface area contributed by atoms with E-state index in [2.05, 4.69) is 22.2 Å². The molecule has 1 aromatic carbocycles. The standard InChI is InChI=1S/C22H28ClN5O3/c1-6-20(30)28-10-13(11-28)25-21(31)17-12-27(5)19(26-17)9-24-16-7-14(22(2,3)4)15(23)8-18(16)29/h6-8,12-13,24,29H,1,9-11H2,2-5H3,(H,25,31). The third kappa shape index (κ3) is 5.02. The SMILES string of the molecule is C=CC(=O)N1CC(NC(=O)c2cn(C)c(CNc3cc(C(C)(C)C)c(Cl)cc3O)n2)C1. The summed E-state index contributed by atoms with van der Waals surface area (Å²) in [5.41, 5.74) is 1.58. The maximum absolute atomic E-state index is 12.5. The van der Waals surface area contributed by atoms with Crippen molar-refractivity contribution in [3.05, 3.63) is 53.1 Å². The fourth-order valence-electron chi connectivity index (χ4n) is 3.37. The van der Waals surface area contributed by atoms with E-state index in [4.69, 9.17) is 11.6 Å². The van der Waals surface area contributed by atoms with Crippen LogP contribution in [0.2, 0.25) is 5.02 Å². The molecule has 0 atom stereocenters. The summed E-state index contributed by atoms with van der Waals surface area (Å²) in [5, 5.41) is 16.8. The molecule has 3 N–H and O–H groups in total. The van der Waals surface area contributed by atoms with Crippen LogP contribution in [-0.4, -0.2) is 50.5 Å². The van der Waals surface area contributed by atoms with Gasteiger partial charge in [0, 0.05) is 37.4 Å². The highest BCUT2D eigenvalue weighted by Crippen LogP contribution is 2.37. The number of phenolic OH excluding ortho intramolecular Hbond substituents is 1. The number of benzene rings is 1. The Hall–Kier alpha value is -3.00. The minimum absolute atomic E-state index is 0.0498. The van der Waals surface area contributed by atoms with Gasteiger partial charge in [-0.1, -0.05) is 39.0 Å². The zero-order chi connectivity index (χ0) is 22.9. The van der Waals surface area contributed by atoms with E-state index in [0.29, 0.717) is 41.9 Å². The van der Waals surface area contributed by atoms with E-state index in [9.17, 15) is 14.7 Å². The maximum Gasteiger partial charge on any atom is 0.271 e. The number of halogens is 1. The van der Waals surface area contributed by atoms with Gasteiger partial charge in [-0.05, 0) is 23.1 Å². The molecule has 1 aromatic heterocycles. The van der Waals surface area contributed by atoms with Gasteiger partial charge in [-0.3, -0.25) is 9.59 Å². The lowest BCUT2D eigenvalue weighted by molar-refractivity contribution is -0.130. The second-order valence-corrected chi connectivity index (χ2v) is 9.13. The van der Waals surface area contributed by atoms with E-state index in [0.717, 1.165) is 5.56 Å². The van der Waals surface area contributed by atoms with Crippen LogP contribution in [0, 0.1) is 0 Å². The number of aromatic hydroxyl groups is 1. The van der Waals surface area contributed by atoms with Crippen LogP contribution in [0.1, 0.15) is 42.6 Å². The second kappa shape index (κ2) is 8.63. The van der Waals surface area contributed by atoms with Crippen LogP contribution in [0.3, 0.4) is 0 Å². The Morgan fingerprint density at radius 1 is 1.35 bits per heavy atom. The zero-order valence-corrected chi connectivity index (χ0v) is 19.0. The monoisotopic (exact) mass is 445 g/mol. The number of aryl methyl sites for hydroxylation is 1. The van der Waals surface area contributed by atoms with Crippen molar-refractivity contribution in [3.63, 3.8) is 0 Å². The molecular weight excluding hydrogens is 418 g/mol. The summed E-state index contributed by atoms with van der Waals surface area (Å²) < 4.78 is 1.76. The van der Waals surface area contributed by atoms with Gasteiger partial charge < -0.3 is 25.2 Å². The molecule has 0 spiro atoms. The van der Waals surface area contributed by atoms with E-state index >= 15 is 0 Å². The van der Waals surface area contributed by atoms with Gasteiger partial charge in [-0.15, -0.1) is 0 Å². The molecule has 0 saturated carbocycles. The first-order chi connectivity index (χ1) is 14.5. The average molecular weight is 446 g/mol. The maximum atomic E-state index is 12.5. The van der Waals surface area contributed by atoms with E-state index in [1.165, 1.54) is 12.1 Å². The highest BCUT2D eigenvalue weighted by Gasteiger charge is 2.31. The predicted molar refractivity (Wildman–Crippen MR) is 120 cm³/mol. The number of amides is 2. The Morgan fingerprint density at radius 2 is 2.03 bits per heavy atom. The summed E-state index contributed by atoms with van der Waals surface area (Å²) in [6, 6.07) is 3.27. The van der Waals surface area contributed by atoms with E-state index in [1.807, 2.05) is 26.8 Å². The van der Waals surface area contributed by atoms with Gasteiger partial charge >= 0.3 is 0 Å². The van der Waals surface area contributed by atoms with Crippen molar-refractivity contribution in [1.82, 2.24) is 19.8 Å².